The third kappa shape index (κ3) is 4.14. The number of thiophene rings is 1. The van der Waals surface area contributed by atoms with Gasteiger partial charge in [-0.15, -0.1) is 11.3 Å². The summed E-state index contributed by atoms with van der Waals surface area (Å²) in [6.07, 6.45) is 4.94. The second-order valence-electron chi connectivity index (χ2n) is 5.61. The molecule has 0 atom stereocenters. The lowest BCUT2D eigenvalue weighted by Gasteiger charge is -2.09. The van der Waals surface area contributed by atoms with E-state index in [1.54, 1.807) is 41.3 Å². The zero-order valence-electron chi connectivity index (χ0n) is 14.1. The standard InChI is InChI=1S/C18H12Cl2N6OS/c19-14-8-13(17(20)28-14)18(27)25-12-4-2-11(3-5-12)24-15-9-16(22-10-21-15)26-7-1-6-23-26/h1-10H,(H,25,27)(H,21,22,24). The number of hydrogen-bond acceptors (Lipinski definition) is 6. The van der Waals surface area contributed by atoms with Crippen molar-refractivity contribution in [1.82, 2.24) is 19.7 Å². The van der Waals surface area contributed by atoms with Gasteiger partial charge in [0.25, 0.3) is 5.91 Å². The Balaban J connectivity index is 1.44. The molecule has 1 amide bonds. The van der Waals surface area contributed by atoms with E-state index < -0.39 is 0 Å². The lowest BCUT2D eigenvalue weighted by Crippen LogP contribution is -2.11. The highest BCUT2D eigenvalue weighted by molar-refractivity contribution is 7.20. The van der Waals surface area contributed by atoms with Gasteiger partial charge in [-0.25, -0.2) is 14.6 Å². The summed E-state index contributed by atoms with van der Waals surface area (Å²) < 4.78 is 2.47. The van der Waals surface area contributed by atoms with Crippen LogP contribution in [0, 0.1) is 0 Å². The highest BCUT2D eigenvalue weighted by atomic mass is 35.5. The predicted octanol–water partition coefficient (Wildman–Crippen LogP) is 5.03. The number of nitrogens with one attached hydrogen (secondary N) is 2. The third-order valence-corrected chi connectivity index (χ3v) is 5.20. The number of aromatic nitrogens is 4. The molecule has 3 heterocycles. The van der Waals surface area contributed by atoms with Gasteiger partial charge in [-0.3, -0.25) is 4.79 Å². The van der Waals surface area contributed by atoms with Crippen LogP contribution < -0.4 is 10.6 Å². The Bertz CT molecular complexity index is 1110. The van der Waals surface area contributed by atoms with E-state index >= 15 is 0 Å². The number of anilines is 3. The molecule has 4 rings (SSSR count). The normalized spacial score (nSPS) is 10.6. The lowest BCUT2D eigenvalue weighted by molar-refractivity contribution is 0.102. The number of carbonyl (C=O) groups is 1. The first-order valence-electron chi connectivity index (χ1n) is 8.04. The fourth-order valence-corrected chi connectivity index (χ4v) is 3.88. The Hall–Kier alpha value is -2.94. The summed E-state index contributed by atoms with van der Waals surface area (Å²) in [6.45, 7) is 0. The van der Waals surface area contributed by atoms with Crippen molar-refractivity contribution in [3.8, 4) is 5.82 Å². The van der Waals surface area contributed by atoms with E-state index in [0.29, 0.717) is 31.6 Å². The van der Waals surface area contributed by atoms with Crippen LogP contribution in [0.25, 0.3) is 5.82 Å². The van der Waals surface area contributed by atoms with Gasteiger partial charge < -0.3 is 10.6 Å². The minimum atomic E-state index is -0.312. The third-order valence-electron chi connectivity index (χ3n) is 3.71. The van der Waals surface area contributed by atoms with E-state index in [4.69, 9.17) is 23.2 Å². The molecule has 2 N–H and O–H groups in total. The van der Waals surface area contributed by atoms with Crippen molar-refractivity contribution >= 4 is 57.6 Å². The van der Waals surface area contributed by atoms with Gasteiger partial charge in [-0.1, -0.05) is 23.2 Å². The number of halogens is 2. The van der Waals surface area contributed by atoms with Gasteiger partial charge in [-0.2, -0.15) is 5.10 Å². The summed E-state index contributed by atoms with van der Waals surface area (Å²) in [5.74, 6) is 0.961. The Kier molecular flexibility index (Phi) is 5.25. The number of nitrogens with zero attached hydrogens (tertiary/aromatic N) is 4. The van der Waals surface area contributed by atoms with Crippen molar-refractivity contribution in [2.45, 2.75) is 0 Å². The quantitative estimate of drug-likeness (QED) is 0.463. The molecule has 1 aromatic carbocycles. The van der Waals surface area contributed by atoms with Crippen LogP contribution in [0.15, 0.2) is 61.2 Å². The molecule has 0 saturated heterocycles. The van der Waals surface area contributed by atoms with Crippen molar-refractivity contribution in [3.05, 3.63) is 75.4 Å². The highest BCUT2D eigenvalue weighted by Crippen LogP contribution is 2.31. The summed E-state index contributed by atoms with van der Waals surface area (Å²) in [5, 5.41) is 10.1. The van der Waals surface area contributed by atoms with E-state index in [9.17, 15) is 4.79 Å². The van der Waals surface area contributed by atoms with Gasteiger partial charge in [0.1, 0.15) is 16.5 Å². The van der Waals surface area contributed by atoms with Crippen molar-refractivity contribution < 1.29 is 4.79 Å². The molecule has 140 valence electrons. The first-order chi connectivity index (χ1) is 13.6. The van der Waals surface area contributed by atoms with Crippen LogP contribution in [0.4, 0.5) is 17.2 Å². The summed E-state index contributed by atoms with van der Waals surface area (Å²) in [4.78, 5) is 20.7. The summed E-state index contributed by atoms with van der Waals surface area (Å²) in [6, 6.07) is 12.4. The smallest absolute Gasteiger partial charge is 0.258 e. The van der Waals surface area contributed by atoms with Crippen LogP contribution in [0.1, 0.15) is 10.4 Å². The molecule has 0 aliphatic rings. The van der Waals surface area contributed by atoms with Gasteiger partial charge in [0, 0.05) is 29.8 Å². The maximum atomic E-state index is 12.3. The molecular formula is C18H12Cl2N6OS. The highest BCUT2D eigenvalue weighted by Gasteiger charge is 2.14. The van der Waals surface area contributed by atoms with Crippen LogP contribution in [-0.4, -0.2) is 25.7 Å². The number of amides is 1. The average Bonchev–Trinajstić information content (AvgIpc) is 3.33. The minimum absolute atomic E-state index is 0.312. The van der Waals surface area contributed by atoms with Crippen LogP contribution in [0.2, 0.25) is 8.67 Å². The second-order valence-corrected chi connectivity index (χ2v) is 7.89. The lowest BCUT2D eigenvalue weighted by atomic mass is 10.2. The first kappa shape index (κ1) is 18.4. The fourth-order valence-electron chi connectivity index (χ4n) is 2.42. The minimum Gasteiger partial charge on any atom is -0.340 e. The van der Waals surface area contributed by atoms with Crippen molar-refractivity contribution in [3.63, 3.8) is 0 Å². The molecule has 28 heavy (non-hydrogen) atoms. The predicted molar refractivity (Wildman–Crippen MR) is 111 cm³/mol. The van der Waals surface area contributed by atoms with Crippen LogP contribution >= 0.6 is 34.5 Å². The Labute approximate surface area is 174 Å². The van der Waals surface area contributed by atoms with Crippen molar-refractivity contribution in [2.24, 2.45) is 0 Å². The van der Waals surface area contributed by atoms with E-state index in [1.165, 1.54) is 6.33 Å². The Morgan fingerprint density at radius 1 is 1.07 bits per heavy atom. The Morgan fingerprint density at radius 3 is 2.54 bits per heavy atom. The average molecular weight is 431 g/mol. The molecular weight excluding hydrogens is 419 g/mol. The summed E-state index contributed by atoms with van der Waals surface area (Å²) in [7, 11) is 0. The van der Waals surface area contributed by atoms with Gasteiger partial charge in [-0.05, 0) is 36.4 Å². The molecule has 0 unspecified atom stereocenters. The van der Waals surface area contributed by atoms with Crippen molar-refractivity contribution in [2.75, 3.05) is 10.6 Å². The largest absolute Gasteiger partial charge is 0.340 e. The van der Waals surface area contributed by atoms with Crippen LogP contribution in [0.3, 0.4) is 0 Å². The van der Waals surface area contributed by atoms with E-state index in [-0.39, 0.29) is 5.91 Å². The first-order valence-corrected chi connectivity index (χ1v) is 9.61. The van der Waals surface area contributed by atoms with E-state index in [0.717, 1.165) is 17.0 Å². The van der Waals surface area contributed by atoms with Gasteiger partial charge in [0.2, 0.25) is 0 Å². The molecule has 0 spiro atoms. The SMILES string of the molecule is O=C(Nc1ccc(Nc2cc(-n3cccn3)ncn2)cc1)c1cc(Cl)sc1Cl. The molecule has 3 aromatic heterocycles. The van der Waals surface area contributed by atoms with Crippen molar-refractivity contribution in [1.29, 1.82) is 0 Å². The maximum Gasteiger partial charge on any atom is 0.258 e. The van der Waals surface area contributed by atoms with Gasteiger partial charge >= 0.3 is 0 Å². The number of carbonyl (C=O) groups excluding carboxylic acids is 1. The molecule has 0 aliphatic heterocycles. The van der Waals surface area contributed by atoms with Crippen LogP contribution in [0.5, 0.6) is 0 Å². The number of hydrogen-bond donors (Lipinski definition) is 2. The molecule has 4 aromatic rings. The zero-order chi connectivity index (χ0) is 19.5. The summed E-state index contributed by atoms with van der Waals surface area (Å²) >= 11 is 13.1. The maximum absolute atomic E-state index is 12.3. The van der Waals surface area contributed by atoms with Gasteiger partial charge in [0.05, 0.1) is 9.90 Å². The van der Waals surface area contributed by atoms with Gasteiger partial charge in [0.15, 0.2) is 5.82 Å². The molecule has 0 fully saturated rings. The number of benzene rings is 1. The van der Waals surface area contributed by atoms with Crippen LogP contribution in [-0.2, 0) is 0 Å². The summed E-state index contributed by atoms with van der Waals surface area (Å²) in [5.41, 5.74) is 1.79. The monoisotopic (exact) mass is 430 g/mol. The van der Waals surface area contributed by atoms with E-state index in [1.807, 2.05) is 18.2 Å². The zero-order valence-corrected chi connectivity index (χ0v) is 16.5. The Morgan fingerprint density at radius 2 is 1.86 bits per heavy atom. The topological polar surface area (TPSA) is 84.7 Å². The van der Waals surface area contributed by atoms with E-state index in [2.05, 4.69) is 25.7 Å². The molecule has 7 nitrogen and oxygen atoms in total. The fraction of sp³-hybridized carbons (Fsp3) is 0. The number of rotatable bonds is 5. The molecule has 0 bridgehead atoms. The molecule has 10 heteroatoms. The second kappa shape index (κ2) is 7.97. The molecule has 0 saturated carbocycles. The molecule has 0 radical (unpaired) electrons. The molecule has 0 aliphatic carbocycles.